The molecule has 0 N–H and O–H groups in total. The molecule has 0 atom stereocenters. The Morgan fingerprint density at radius 2 is 1.20 bits per heavy atom. The van der Waals surface area contributed by atoms with Gasteiger partial charge in [-0.25, -0.2) is 0 Å². The Morgan fingerprint density at radius 1 is 0.800 bits per heavy atom. The molecule has 0 amide bonds. The average Bonchev–Trinajstić information content (AvgIpc) is 2.16. The number of hydrogen-bond donors (Lipinski definition) is 0. The number of rotatable bonds is 9. The Bertz CT molecular complexity index is 116. The molecule has 0 aromatic carbocycles. The molecule has 0 rings (SSSR count). The molecule has 0 unspecified atom stereocenters. The van der Waals surface area contributed by atoms with Crippen LogP contribution in [0.2, 0.25) is 0 Å². The molecule has 0 saturated carbocycles. The number of hydrogen-bond acceptors (Lipinski definition) is 4. The first-order valence-electron chi connectivity index (χ1n) is 5.12. The van der Waals surface area contributed by atoms with E-state index in [0.717, 1.165) is 0 Å². The zero-order valence-electron chi connectivity index (χ0n) is 10.0. The minimum atomic E-state index is -1.14. The third-order valence-electron chi connectivity index (χ3n) is 1.43. The molecule has 0 fully saturated rings. The van der Waals surface area contributed by atoms with Crippen LogP contribution < -0.4 is 0 Å². The molecule has 0 heterocycles. The van der Waals surface area contributed by atoms with Gasteiger partial charge in [0, 0.05) is 48.1 Å². The van der Waals surface area contributed by atoms with E-state index in [1.165, 1.54) is 6.61 Å². The first kappa shape index (κ1) is 17.9. The van der Waals surface area contributed by atoms with Crippen molar-refractivity contribution in [1.29, 1.82) is 0 Å². The molecular formula is C10H21O4Ti. The van der Waals surface area contributed by atoms with Crippen LogP contribution in [0.15, 0.2) is 0 Å². The van der Waals surface area contributed by atoms with Gasteiger partial charge in [0.1, 0.15) is 0 Å². The largest absolute Gasteiger partial charge is 0.367 e. The second-order valence-electron chi connectivity index (χ2n) is 2.48. The van der Waals surface area contributed by atoms with Crippen molar-refractivity contribution in [1.82, 2.24) is 0 Å². The predicted molar refractivity (Wildman–Crippen MR) is 53.5 cm³/mol. The van der Waals surface area contributed by atoms with Crippen molar-refractivity contribution >= 4 is 0 Å². The van der Waals surface area contributed by atoms with Crippen LogP contribution in [0.3, 0.4) is 0 Å². The van der Waals surface area contributed by atoms with Crippen molar-refractivity contribution < 1.29 is 40.7 Å². The van der Waals surface area contributed by atoms with E-state index in [2.05, 4.69) is 0 Å². The van der Waals surface area contributed by atoms with Gasteiger partial charge in [-0.1, -0.05) is 0 Å². The molecule has 0 aliphatic heterocycles. The minimum absolute atomic E-state index is 0. The monoisotopic (exact) mass is 253 g/mol. The third kappa shape index (κ3) is 7.44. The molecule has 0 aromatic heterocycles. The van der Waals surface area contributed by atoms with Crippen molar-refractivity contribution in [3.8, 4) is 0 Å². The summed E-state index contributed by atoms with van der Waals surface area (Å²) in [7, 11) is 0. The molecule has 4 nitrogen and oxygen atoms in total. The van der Waals surface area contributed by atoms with Gasteiger partial charge >= 0.3 is 5.97 Å². The first-order valence-corrected chi connectivity index (χ1v) is 5.12. The van der Waals surface area contributed by atoms with E-state index < -0.39 is 5.97 Å². The van der Waals surface area contributed by atoms with E-state index >= 15 is 0 Å². The summed E-state index contributed by atoms with van der Waals surface area (Å²) in [5.74, 6) is -1.14. The van der Waals surface area contributed by atoms with E-state index in [0.29, 0.717) is 26.4 Å². The molecule has 1 radical (unpaired) electrons. The Labute approximate surface area is 107 Å². The van der Waals surface area contributed by atoms with Crippen LogP contribution >= 0.6 is 0 Å². The molecule has 0 bridgehead atoms. The normalized spacial score (nSPS) is 11.2. The van der Waals surface area contributed by atoms with Gasteiger partial charge in [-0.3, -0.25) is 0 Å². The van der Waals surface area contributed by atoms with Crippen molar-refractivity contribution in [2.75, 3.05) is 26.4 Å². The van der Waals surface area contributed by atoms with Crippen LogP contribution in [-0.2, 0) is 40.7 Å². The second kappa shape index (κ2) is 11.1. The summed E-state index contributed by atoms with van der Waals surface area (Å²) < 4.78 is 21.3. The predicted octanol–water partition coefficient (Wildman–Crippen LogP) is 1.95. The third-order valence-corrected chi connectivity index (χ3v) is 1.43. The maximum absolute atomic E-state index is 5.39. The standard InChI is InChI=1S/C10H21O4.Ti/c1-5-11-9-10(12-6-2,13-7-3)14-8-4;/h9H,5-8H2,1-4H3;. The summed E-state index contributed by atoms with van der Waals surface area (Å²) in [6.07, 6.45) is 0. The molecule has 0 saturated heterocycles. The maximum Gasteiger partial charge on any atom is 0.313 e. The fourth-order valence-corrected chi connectivity index (χ4v) is 1.02. The fourth-order valence-electron chi connectivity index (χ4n) is 1.02. The first-order chi connectivity index (χ1) is 6.74. The summed E-state index contributed by atoms with van der Waals surface area (Å²) in [5.41, 5.74) is 0. The second-order valence-corrected chi connectivity index (χ2v) is 2.48. The smallest absolute Gasteiger partial charge is 0.313 e. The van der Waals surface area contributed by atoms with E-state index in [1.807, 2.05) is 27.7 Å². The van der Waals surface area contributed by atoms with E-state index in [4.69, 9.17) is 18.9 Å². The molecule has 0 aliphatic carbocycles. The van der Waals surface area contributed by atoms with Crippen LogP contribution in [-0.4, -0.2) is 32.4 Å². The van der Waals surface area contributed by atoms with Crippen molar-refractivity contribution in [2.45, 2.75) is 33.7 Å². The molecule has 89 valence electrons. The van der Waals surface area contributed by atoms with E-state index in [9.17, 15) is 0 Å². The van der Waals surface area contributed by atoms with Gasteiger partial charge in [0.05, 0.1) is 0 Å². The van der Waals surface area contributed by atoms with Crippen molar-refractivity contribution in [3.05, 3.63) is 6.61 Å². The summed E-state index contributed by atoms with van der Waals surface area (Å²) >= 11 is 0. The van der Waals surface area contributed by atoms with Gasteiger partial charge in [0.2, 0.25) is 0 Å². The Hall–Kier alpha value is 0.554. The molecule has 0 aliphatic rings. The molecule has 15 heavy (non-hydrogen) atoms. The fraction of sp³-hybridized carbons (Fsp3) is 0.900. The topological polar surface area (TPSA) is 36.9 Å². The minimum Gasteiger partial charge on any atom is -0.367 e. The van der Waals surface area contributed by atoms with E-state index in [1.54, 1.807) is 0 Å². The van der Waals surface area contributed by atoms with E-state index in [-0.39, 0.29) is 21.7 Å². The summed E-state index contributed by atoms with van der Waals surface area (Å²) in [5, 5.41) is 0. The Morgan fingerprint density at radius 3 is 1.47 bits per heavy atom. The maximum atomic E-state index is 5.39. The van der Waals surface area contributed by atoms with Crippen molar-refractivity contribution in [2.24, 2.45) is 0 Å². The Kier molecular flexibility index (Phi) is 13.2. The van der Waals surface area contributed by atoms with Gasteiger partial charge in [-0.05, 0) is 27.7 Å². The van der Waals surface area contributed by atoms with Crippen LogP contribution in [0.5, 0.6) is 0 Å². The molecule has 0 aromatic rings. The summed E-state index contributed by atoms with van der Waals surface area (Å²) in [6, 6.07) is 0. The molecule has 5 heteroatoms. The van der Waals surface area contributed by atoms with Gasteiger partial charge in [0.15, 0.2) is 6.61 Å². The van der Waals surface area contributed by atoms with Gasteiger partial charge in [-0.15, -0.1) is 0 Å². The van der Waals surface area contributed by atoms with Crippen LogP contribution in [0.25, 0.3) is 0 Å². The zero-order chi connectivity index (χ0) is 10.9. The average molecular weight is 253 g/mol. The SMILES string of the molecule is CCO[CH]C(OCC)(OCC)OCC.[Ti]. The van der Waals surface area contributed by atoms with Gasteiger partial charge < -0.3 is 18.9 Å². The van der Waals surface area contributed by atoms with Crippen LogP contribution in [0.1, 0.15) is 27.7 Å². The number of ether oxygens (including phenoxy) is 4. The van der Waals surface area contributed by atoms with Gasteiger partial charge in [0.25, 0.3) is 0 Å². The van der Waals surface area contributed by atoms with Crippen LogP contribution in [0.4, 0.5) is 0 Å². The van der Waals surface area contributed by atoms with Gasteiger partial charge in [-0.2, -0.15) is 0 Å². The van der Waals surface area contributed by atoms with Crippen LogP contribution in [0, 0.1) is 6.61 Å². The molecular weight excluding hydrogens is 232 g/mol. The van der Waals surface area contributed by atoms with Crippen molar-refractivity contribution in [3.63, 3.8) is 0 Å². The zero-order valence-corrected chi connectivity index (χ0v) is 11.6. The summed E-state index contributed by atoms with van der Waals surface area (Å²) in [4.78, 5) is 0. The summed E-state index contributed by atoms with van der Waals surface area (Å²) in [6.45, 7) is 11.1. The molecule has 0 spiro atoms. The quantitative estimate of drug-likeness (QED) is 0.465. The Balaban J connectivity index is 0.